The van der Waals surface area contributed by atoms with Crippen molar-refractivity contribution in [3.05, 3.63) is 30.4 Å². The van der Waals surface area contributed by atoms with Crippen LogP contribution in [-0.4, -0.2) is 51.6 Å². The minimum Gasteiger partial charge on any atom is -0.340 e. The lowest BCUT2D eigenvalue weighted by atomic mass is 10.0. The monoisotopic (exact) mass is 415 g/mol. The predicted octanol–water partition coefficient (Wildman–Crippen LogP) is 2.90. The Morgan fingerprint density at radius 2 is 1.96 bits per heavy atom. The van der Waals surface area contributed by atoms with Gasteiger partial charge in [0, 0.05) is 43.4 Å². The van der Waals surface area contributed by atoms with Gasteiger partial charge in [0.15, 0.2) is 0 Å². The van der Waals surface area contributed by atoms with Crippen LogP contribution in [-0.2, 0) is 11.2 Å². The second-order valence-corrected chi connectivity index (χ2v) is 6.32. The van der Waals surface area contributed by atoms with Crippen molar-refractivity contribution in [2.24, 2.45) is 0 Å². The molecule has 9 heteroatoms. The molecule has 0 unspecified atom stereocenters. The Bertz CT molecular complexity index is 677. The Hall–Kier alpha value is -1.70. The van der Waals surface area contributed by atoms with E-state index in [1.54, 1.807) is 12.4 Å². The molecule has 27 heavy (non-hydrogen) atoms. The summed E-state index contributed by atoms with van der Waals surface area (Å²) in [7, 11) is 0. The van der Waals surface area contributed by atoms with E-state index in [0.717, 1.165) is 44.5 Å². The molecule has 1 N–H and O–H groups in total. The van der Waals surface area contributed by atoms with Crippen molar-refractivity contribution in [2.75, 3.05) is 19.6 Å². The first-order valence-electron chi connectivity index (χ1n) is 9.01. The quantitative estimate of drug-likeness (QED) is 0.747. The highest BCUT2D eigenvalue weighted by Crippen LogP contribution is 2.17. The van der Waals surface area contributed by atoms with E-state index in [0.29, 0.717) is 30.6 Å². The van der Waals surface area contributed by atoms with Crippen LogP contribution in [0.15, 0.2) is 29.0 Å². The van der Waals surface area contributed by atoms with Gasteiger partial charge in [-0.15, -0.1) is 24.8 Å². The van der Waals surface area contributed by atoms with Gasteiger partial charge < -0.3 is 14.7 Å². The number of aryl methyl sites for hydroxylation is 1. The minimum absolute atomic E-state index is 0. The molecule has 0 atom stereocenters. The van der Waals surface area contributed by atoms with Gasteiger partial charge in [0.25, 0.3) is 0 Å². The fourth-order valence-electron chi connectivity index (χ4n) is 3.20. The average Bonchev–Trinajstić information content (AvgIpc) is 3.15. The lowest BCUT2D eigenvalue weighted by Crippen LogP contribution is -2.46. The highest BCUT2D eigenvalue weighted by molar-refractivity contribution is 5.85. The van der Waals surface area contributed by atoms with Gasteiger partial charge in [0.1, 0.15) is 0 Å². The molecule has 0 aliphatic carbocycles. The maximum Gasteiger partial charge on any atom is 0.227 e. The third-order valence-electron chi connectivity index (χ3n) is 4.49. The molecule has 150 valence electrons. The standard InChI is InChI=1S/C18H25N5O2.2ClH/c1-2-13-23(15-7-11-20-12-8-15)17(24)4-3-16-21-18(22-25-16)14-5-9-19-10-6-14;;/h5-6,9-10,15,20H,2-4,7-8,11-13H2,1H3;2*1H. The van der Waals surface area contributed by atoms with E-state index >= 15 is 0 Å². The molecular weight excluding hydrogens is 389 g/mol. The van der Waals surface area contributed by atoms with Gasteiger partial charge in [-0.2, -0.15) is 4.98 Å². The van der Waals surface area contributed by atoms with Crippen molar-refractivity contribution in [1.82, 2.24) is 25.3 Å². The fourth-order valence-corrected chi connectivity index (χ4v) is 3.20. The molecule has 0 aromatic carbocycles. The molecule has 2 aromatic heterocycles. The first-order valence-corrected chi connectivity index (χ1v) is 9.01. The van der Waals surface area contributed by atoms with Gasteiger partial charge in [-0.05, 0) is 44.5 Å². The Morgan fingerprint density at radius 1 is 1.26 bits per heavy atom. The van der Waals surface area contributed by atoms with E-state index in [9.17, 15) is 4.79 Å². The van der Waals surface area contributed by atoms with Gasteiger partial charge in [0.2, 0.25) is 17.6 Å². The van der Waals surface area contributed by atoms with Gasteiger partial charge in [-0.3, -0.25) is 9.78 Å². The van der Waals surface area contributed by atoms with Crippen LogP contribution >= 0.6 is 24.8 Å². The molecule has 3 rings (SSSR count). The van der Waals surface area contributed by atoms with E-state index in [2.05, 4.69) is 27.4 Å². The van der Waals surface area contributed by atoms with Crippen LogP contribution in [0.3, 0.4) is 0 Å². The molecule has 1 amide bonds. The summed E-state index contributed by atoms with van der Waals surface area (Å²) in [5.74, 6) is 1.22. The SMILES string of the molecule is CCCN(C(=O)CCc1nc(-c2ccncc2)no1)C1CCNCC1.Cl.Cl. The molecule has 1 aliphatic rings. The zero-order valence-electron chi connectivity index (χ0n) is 15.5. The van der Waals surface area contributed by atoms with E-state index in [4.69, 9.17) is 4.52 Å². The fraction of sp³-hybridized carbons (Fsp3) is 0.556. The number of amides is 1. The number of nitrogens with zero attached hydrogens (tertiary/aromatic N) is 4. The number of rotatable bonds is 7. The van der Waals surface area contributed by atoms with Crippen LogP contribution in [0.25, 0.3) is 11.4 Å². The van der Waals surface area contributed by atoms with E-state index < -0.39 is 0 Å². The molecule has 0 saturated carbocycles. The molecule has 0 bridgehead atoms. The smallest absolute Gasteiger partial charge is 0.227 e. The summed E-state index contributed by atoms with van der Waals surface area (Å²) in [6.45, 7) is 4.89. The van der Waals surface area contributed by atoms with Crippen LogP contribution in [0.1, 0.15) is 38.5 Å². The van der Waals surface area contributed by atoms with Crippen molar-refractivity contribution in [1.29, 1.82) is 0 Å². The van der Waals surface area contributed by atoms with Crippen molar-refractivity contribution in [3.63, 3.8) is 0 Å². The molecule has 7 nitrogen and oxygen atoms in total. The van der Waals surface area contributed by atoms with Gasteiger partial charge >= 0.3 is 0 Å². The zero-order chi connectivity index (χ0) is 17.5. The molecule has 1 aliphatic heterocycles. The summed E-state index contributed by atoms with van der Waals surface area (Å²) < 4.78 is 5.29. The molecule has 3 heterocycles. The van der Waals surface area contributed by atoms with Gasteiger partial charge in [-0.25, -0.2) is 0 Å². The molecule has 2 aromatic rings. The number of aromatic nitrogens is 3. The molecule has 0 spiro atoms. The second-order valence-electron chi connectivity index (χ2n) is 6.32. The number of hydrogen-bond donors (Lipinski definition) is 1. The van der Waals surface area contributed by atoms with E-state index in [1.807, 2.05) is 17.0 Å². The van der Waals surface area contributed by atoms with Crippen LogP contribution < -0.4 is 5.32 Å². The van der Waals surface area contributed by atoms with E-state index in [-0.39, 0.29) is 30.7 Å². The molecule has 0 radical (unpaired) electrons. The number of nitrogens with one attached hydrogen (secondary N) is 1. The lowest BCUT2D eigenvalue weighted by molar-refractivity contribution is -0.134. The third-order valence-corrected chi connectivity index (χ3v) is 4.49. The van der Waals surface area contributed by atoms with E-state index in [1.165, 1.54) is 0 Å². The lowest BCUT2D eigenvalue weighted by Gasteiger charge is -2.34. The Labute approximate surface area is 172 Å². The number of halogens is 2. The first-order chi connectivity index (χ1) is 12.3. The van der Waals surface area contributed by atoms with Crippen molar-refractivity contribution in [3.8, 4) is 11.4 Å². The second kappa shape index (κ2) is 11.9. The Morgan fingerprint density at radius 3 is 2.63 bits per heavy atom. The summed E-state index contributed by atoms with van der Waals surface area (Å²) in [6.07, 6.45) is 7.29. The number of piperidine rings is 1. The van der Waals surface area contributed by atoms with Crippen molar-refractivity contribution >= 4 is 30.7 Å². The van der Waals surface area contributed by atoms with Crippen LogP contribution in [0.2, 0.25) is 0 Å². The van der Waals surface area contributed by atoms with Crippen molar-refractivity contribution < 1.29 is 9.32 Å². The van der Waals surface area contributed by atoms with Crippen LogP contribution in [0.5, 0.6) is 0 Å². The third kappa shape index (κ3) is 6.45. The number of hydrogen-bond acceptors (Lipinski definition) is 6. The summed E-state index contributed by atoms with van der Waals surface area (Å²) in [5.41, 5.74) is 0.860. The summed E-state index contributed by atoms with van der Waals surface area (Å²) in [6, 6.07) is 4.02. The maximum absolute atomic E-state index is 12.7. The number of carbonyl (C=O) groups excluding carboxylic acids is 1. The maximum atomic E-state index is 12.7. The van der Waals surface area contributed by atoms with Gasteiger partial charge in [0.05, 0.1) is 0 Å². The Kier molecular flexibility index (Phi) is 10.3. The highest BCUT2D eigenvalue weighted by Gasteiger charge is 2.24. The average molecular weight is 416 g/mol. The largest absolute Gasteiger partial charge is 0.340 e. The minimum atomic E-state index is 0. The van der Waals surface area contributed by atoms with Crippen LogP contribution in [0.4, 0.5) is 0 Å². The topological polar surface area (TPSA) is 84.2 Å². The first kappa shape index (κ1) is 23.3. The van der Waals surface area contributed by atoms with Crippen LogP contribution in [0, 0.1) is 0 Å². The van der Waals surface area contributed by atoms with Crippen molar-refractivity contribution in [2.45, 2.75) is 45.1 Å². The van der Waals surface area contributed by atoms with Gasteiger partial charge in [-0.1, -0.05) is 12.1 Å². The molecule has 1 fully saturated rings. The number of pyridine rings is 1. The molecular formula is C18H27Cl2N5O2. The molecule has 1 saturated heterocycles. The number of carbonyl (C=O) groups is 1. The predicted molar refractivity (Wildman–Crippen MR) is 108 cm³/mol. The summed E-state index contributed by atoms with van der Waals surface area (Å²) >= 11 is 0. The summed E-state index contributed by atoms with van der Waals surface area (Å²) in [4.78, 5) is 23.1. The Balaban J connectivity index is 0.00000182. The normalized spacial score (nSPS) is 14.1. The summed E-state index contributed by atoms with van der Waals surface area (Å²) in [5, 5.41) is 7.34. The zero-order valence-corrected chi connectivity index (χ0v) is 17.1. The highest BCUT2D eigenvalue weighted by atomic mass is 35.5.